The summed E-state index contributed by atoms with van der Waals surface area (Å²) < 4.78 is 0. The fourth-order valence-electron chi connectivity index (χ4n) is 1.62. The monoisotopic (exact) mass is 207 g/mol. The molecule has 4 N–H and O–H groups in total. The molecule has 2 rings (SSSR count). The van der Waals surface area contributed by atoms with Crippen molar-refractivity contribution in [1.82, 2.24) is 4.98 Å². The molecule has 0 aliphatic heterocycles. The van der Waals surface area contributed by atoms with E-state index in [1.54, 1.807) is 6.20 Å². The number of aryl methyl sites for hydroxylation is 1. The lowest BCUT2D eigenvalue weighted by Crippen LogP contribution is -2.20. The van der Waals surface area contributed by atoms with Gasteiger partial charge in [0.25, 0.3) is 0 Å². The summed E-state index contributed by atoms with van der Waals surface area (Å²) in [4.78, 5) is 4.23. The summed E-state index contributed by atoms with van der Waals surface area (Å²) in [7, 11) is 0. The van der Waals surface area contributed by atoms with Gasteiger partial charge in [0.1, 0.15) is 5.82 Å². The molecule has 4 heteroatoms. The number of pyridine rings is 1. The lowest BCUT2D eigenvalue weighted by molar-refractivity contribution is 0.219. The van der Waals surface area contributed by atoms with Gasteiger partial charge in [0.2, 0.25) is 0 Å². The van der Waals surface area contributed by atoms with Crippen LogP contribution in [0.5, 0.6) is 0 Å². The van der Waals surface area contributed by atoms with E-state index in [0.29, 0.717) is 5.69 Å². The molecule has 1 aromatic heterocycles. The lowest BCUT2D eigenvalue weighted by atomic mass is 10.1. The van der Waals surface area contributed by atoms with Crippen molar-refractivity contribution in [1.29, 1.82) is 0 Å². The van der Waals surface area contributed by atoms with Gasteiger partial charge in [0, 0.05) is 12.0 Å². The molecule has 0 atom stereocenters. The summed E-state index contributed by atoms with van der Waals surface area (Å²) in [6, 6.07) is 1.90. The molecule has 4 nitrogen and oxygen atoms in total. The molecule has 1 saturated carbocycles. The van der Waals surface area contributed by atoms with Crippen molar-refractivity contribution < 1.29 is 5.11 Å². The molecule has 0 spiro atoms. The molecule has 1 heterocycles. The third-order valence-corrected chi connectivity index (χ3v) is 3.02. The van der Waals surface area contributed by atoms with Gasteiger partial charge in [-0.25, -0.2) is 4.98 Å². The van der Waals surface area contributed by atoms with Gasteiger partial charge < -0.3 is 16.2 Å². The molecular formula is C11H17N3O. The molecule has 1 aliphatic carbocycles. The maximum absolute atomic E-state index is 9.17. The van der Waals surface area contributed by atoms with Crippen molar-refractivity contribution in [2.45, 2.75) is 19.8 Å². The van der Waals surface area contributed by atoms with Gasteiger partial charge in [-0.3, -0.25) is 0 Å². The van der Waals surface area contributed by atoms with Crippen LogP contribution in [0.25, 0.3) is 0 Å². The molecular weight excluding hydrogens is 190 g/mol. The minimum atomic E-state index is 0.107. The Balaban J connectivity index is 1.99. The number of nitrogens with one attached hydrogen (secondary N) is 1. The standard InChI is InChI=1S/C11H17N3O/c1-8-4-9(12)5-13-10(8)14-6-11(7-15)2-3-11/h4-5,15H,2-3,6-7,12H2,1H3,(H,13,14). The van der Waals surface area contributed by atoms with Gasteiger partial charge in [-0.15, -0.1) is 0 Å². The van der Waals surface area contributed by atoms with Crippen LogP contribution in [-0.4, -0.2) is 23.2 Å². The quantitative estimate of drug-likeness (QED) is 0.692. The van der Waals surface area contributed by atoms with Crippen LogP contribution in [0.4, 0.5) is 11.5 Å². The van der Waals surface area contributed by atoms with Gasteiger partial charge in [-0.2, -0.15) is 0 Å². The average Bonchev–Trinajstić information content (AvgIpc) is 2.97. The second kappa shape index (κ2) is 3.70. The topological polar surface area (TPSA) is 71.2 Å². The molecule has 0 radical (unpaired) electrons. The summed E-state index contributed by atoms with van der Waals surface area (Å²) in [6.45, 7) is 3.03. The molecule has 0 aromatic carbocycles. The molecule has 0 bridgehead atoms. The van der Waals surface area contributed by atoms with Gasteiger partial charge in [0.15, 0.2) is 0 Å². The number of aliphatic hydroxyl groups excluding tert-OH is 1. The highest BCUT2D eigenvalue weighted by Crippen LogP contribution is 2.44. The van der Waals surface area contributed by atoms with Crippen molar-refractivity contribution in [3.05, 3.63) is 17.8 Å². The molecule has 82 valence electrons. The second-order valence-corrected chi connectivity index (χ2v) is 4.45. The zero-order valence-corrected chi connectivity index (χ0v) is 8.95. The molecule has 1 fully saturated rings. The number of anilines is 2. The molecule has 1 aliphatic rings. The van der Waals surface area contributed by atoms with Crippen LogP contribution in [0.15, 0.2) is 12.3 Å². The first-order chi connectivity index (χ1) is 7.15. The lowest BCUT2D eigenvalue weighted by Gasteiger charge is -2.14. The number of nitrogens with two attached hydrogens (primary N) is 1. The van der Waals surface area contributed by atoms with Crippen molar-refractivity contribution in [2.75, 3.05) is 24.2 Å². The highest BCUT2D eigenvalue weighted by molar-refractivity contribution is 5.50. The third kappa shape index (κ3) is 2.21. The number of nitrogens with zero attached hydrogens (tertiary/aromatic N) is 1. The number of rotatable bonds is 4. The summed E-state index contributed by atoms with van der Waals surface area (Å²) >= 11 is 0. The van der Waals surface area contributed by atoms with E-state index in [4.69, 9.17) is 10.8 Å². The minimum Gasteiger partial charge on any atom is -0.397 e. The number of aromatic nitrogens is 1. The average molecular weight is 207 g/mol. The van der Waals surface area contributed by atoms with E-state index in [1.165, 1.54) is 0 Å². The van der Waals surface area contributed by atoms with Gasteiger partial charge >= 0.3 is 0 Å². The van der Waals surface area contributed by atoms with Crippen LogP contribution in [0.1, 0.15) is 18.4 Å². The van der Waals surface area contributed by atoms with Crippen molar-refractivity contribution in [3.63, 3.8) is 0 Å². The smallest absolute Gasteiger partial charge is 0.129 e. The third-order valence-electron chi connectivity index (χ3n) is 3.02. The Morgan fingerprint density at radius 1 is 1.60 bits per heavy atom. The van der Waals surface area contributed by atoms with Crippen LogP contribution in [-0.2, 0) is 0 Å². The first-order valence-electron chi connectivity index (χ1n) is 5.22. The largest absolute Gasteiger partial charge is 0.397 e. The Bertz CT molecular complexity index is 361. The number of aliphatic hydroxyl groups is 1. The normalized spacial score (nSPS) is 17.5. The Morgan fingerprint density at radius 2 is 2.33 bits per heavy atom. The predicted octanol–water partition coefficient (Wildman–Crippen LogP) is 1.16. The molecule has 1 aromatic rings. The maximum atomic E-state index is 9.17. The first-order valence-corrected chi connectivity index (χ1v) is 5.22. The summed E-state index contributed by atoms with van der Waals surface area (Å²) in [5, 5.41) is 12.4. The van der Waals surface area contributed by atoms with Crippen LogP contribution in [0, 0.1) is 12.3 Å². The summed E-state index contributed by atoms with van der Waals surface area (Å²) in [5.41, 5.74) is 7.45. The van der Waals surface area contributed by atoms with Gasteiger partial charge in [-0.05, 0) is 31.4 Å². The van der Waals surface area contributed by atoms with Gasteiger partial charge in [0.05, 0.1) is 18.5 Å². The maximum Gasteiger partial charge on any atom is 0.129 e. The molecule has 0 saturated heterocycles. The fourth-order valence-corrected chi connectivity index (χ4v) is 1.62. The predicted molar refractivity (Wildman–Crippen MR) is 60.6 cm³/mol. The summed E-state index contributed by atoms with van der Waals surface area (Å²) in [5.74, 6) is 0.865. The van der Waals surface area contributed by atoms with Crippen LogP contribution >= 0.6 is 0 Å². The van der Waals surface area contributed by atoms with Crippen molar-refractivity contribution >= 4 is 11.5 Å². The van der Waals surface area contributed by atoms with Crippen molar-refractivity contribution in [2.24, 2.45) is 5.41 Å². The summed E-state index contributed by atoms with van der Waals surface area (Å²) in [6.07, 6.45) is 3.85. The SMILES string of the molecule is Cc1cc(N)cnc1NCC1(CO)CC1. The number of hydrogen-bond acceptors (Lipinski definition) is 4. The van der Waals surface area contributed by atoms with E-state index in [1.807, 2.05) is 13.0 Å². The van der Waals surface area contributed by atoms with E-state index >= 15 is 0 Å². The van der Waals surface area contributed by atoms with Crippen LogP contribution in [0.3, 0.4) is 0 Å². The van der Waals surface area contributed by atoms with E-state index in [0.717, 1.165) is 30.8 Å². The van der Waals surface area contributed by atoms with E-state index in [9.17, 15) is 0 Å². The van der Waals surface area contributed by atoms with Gasteiger partial charge in [-0.1, -0.05) is 0 Å². The number of nitrogen functional groups attached to an aromatic ring is 1. The highest BCUT2D eigenvalue weighted by Gasteiger charge is 2.41. The first kappa shape index (κ1) is 10.2. The zero-order chi connectivity index (χ0) is 10.9. The van der Waals surface area contributed by atoms with Crippen LogP contribution < -0.4 is 11.1 Å². The zero-order valence-electron chi connectivity index (χ0n) is 8.95. The Morgan fingerprint density at radius 3 is 2.87 bits per heavy atom. The van der Waals surface area contributed by atoms with Crippen molar-refractivity contribution in [3.8, 4) is 0 Å². The van der Waals surface area contributed by atoms with E-state index in [-0.39, 0.29) is 12.0 Å². The fraction of sp³-hybridized carbons (Fsp3) is 0.545. The van der Waals surface area contributed by atoms with Crippen LogP contribution in [0.2, 0.25) is 0 Å². The van der Waals surface area contributed by atoms with E-state index < -0.39 is 0 Å². The Hall–Kier alpha value is -1.29. The minimum absolute atomic E-state index is 0.107. The highest BCUT2D eigenvalue weighted by atomic mass is 16.3. The number of hydrogen-bond donors (Lipinski definition) is 3. The Kier molecular flexibility index (Phi) is 2.52. The van der Waals surface area contributed by atoms with E-state index in [2.05, 4.69) is 10.3 Å². The molecule has 0 unspecified atom stereocenters. The Labute approximate surface area is 89.5 Å². The second-order valence-electron chi connectivity index (χ2n) is 4.45. The molecule has 15 heavy (non-hydrogen) atoms. The molecule has 0 amide bonds.